The first-order valence-electron chi connectivity index (χ1n) is 13.9. The van der Waals surface area contributed by atoms with Crippen LogP contribution in [0.4, 0.5) is 13.6 Å². The second-order valence-electron chi connectivity index (χ2n) is 11.9. The van der Waals surface area contributed by atoms with E-state index >= 15 is 0 Å². The maximum Gasteiger partial charge on any atom is 0.410 e. The first-order valence-corrected chi connectivity index (χ1v) is 13.9. The van der Waals surface area contributed by atoms with E-state index in [0.717, 1.165) is 16.7 Å². The second-order valence-corrected chi connectivity index (χ2v) is 11.9. The van der Waals surface area contributed by atoms with Crippen LogP contribution < -0.4 is 5.32 Å². The van der Waals surface area contributed by atoms with Crippen LogP contribution in [0.5, 0.6) is 0 Å². The van der Waals surface area contributed by atoms with Gasteiger partial charge in [-0.25, -0.2) is 13.6 Å². The first-order chi connectivity index (χ1) is 19.0. The normalized spacial score (nSPS) is 25.8. The lowest BCUT2D eigenvalue weighted by Gasteiger charge is -2.42. The van der Waals surface area contributed by atoms with Crippen molar-refractivity contribution in [3.63, 3.8) is 0 Å². The average Bonchev–Trinajstić information content (AvgIpc) is 3.33. The number of fused-ring (bicyclic) bond motifs is 1. The summed E-state index contributed by atoms with van der Waals surface area (Å²) in [5, 5.41) is 12.5. The number of halogens is 2. The highest BCUT2D eigenvalue weighted by Gasteiger charge is 2.43. The molecule has 3 aliphatic rings. The quantitative estimate of drug-likeness (QED) is 0.518. The van der Waals surface area contributed by atoms with Crippen molar-refractivity contribution in [2.24, 2.45) is 4.99 Å². The van der Waals surface area contributed by atoms with Gasteiger partial charge in [0.25, 0.3) is 0 Å². The van der Waals surface area contributed by atoms with E-state index in [4.69, 9.17) is 9.47 Å². The Labute approximate surface area is 234 Å². The summed E-state index contributed by atoms with van der Waals surface area (Å²) >= 11 is 0. The number of amidine groups is 1. The molecule has 1 saturated heterocycles. The van der Waals surface area contributed by atoms with Crippen molar-refractivity contribution in [3.8, 4) is 17.2 Å². The van der Waals surface area contributed by atoms with Gasteiger partial charge in [-0.1, -0.05) is 36.4 Å². The van der Waals surface area contributed by atoms with Gasteiger partial charge < -0.3 is 19.7 Å². The highest BCUT2D eigenvalue weighted by Crippen LogP contribution is 2.39. The molecule has 5 rings (SSSR count). The van der Waals surface area contributed by atoms with Crippen LogP contribution in [0.3, 0.4) is 0 Å². The van der Waals surface area contributed by atoms with Crippen molar-refractivity contribution in [2.75, 3.05) is 19.7 Å². The summed E-state index contributed by atoms with van der Waals surface area (Å²) in [7, 11) is 0. The maximum atomic E-state index is 13.9. The molecule has 0 bridgehead atoms. The summed E-state index contributed by atoms with van der Waals surface area (Å²) in [4.78, 5) is 19.1. The first kappa shape index (κ1) is 28.0. The number of benzene rings is 2. The molecule has 7 nitrogen and oxygen atoms in total. The van der Waals surface area contributed by atoms with E-state index < -0.39 is 23.5 Å². The smallest absolute Gasteiger partial charge is 0.410 e. The SMILES string of the molecule is CC(C)(C)OC(=O)N1CCC(OCC2=NC3CC(F)C(F)CC3N2)(c2ccc(-c3cccc(C#N)c3)cc2)CC1. The van der Waals surface area contributed by atoms with Gasteiger partial charge in [-0.2, -0.15) is 5.26 Å². The number of nitrogens with one attached hydrogen (secondary N) is 1. The summed E-state index contributed by atoms with van der Waals surface area (Å²) in [5.74, 6) is 0.607. The zero-order valence-corrected chi connectivity index (χ0v) is 23.2. The predicted octanol–water partition coefficient (Wildman–Crippen LogP) is 5.68. The molecule has 2 fully saturated rings. The molecule has 0 aromatic heterocycles. The van der Waals surface area contributed by atoms with Crippen LogP contribution in [0.25, 0.3) is 11.1 Å². The molecule has 1 saturated carbocycles. The maximum absolute atomic E-state index is 13.9. The summed E-state index contributed by atoms with van der Waals surface area (Å²) in [5.41, 5.74) is 2.23. The third-order valence-electron chi connectivity index (χ3n) is 7.92. The molecule has 2 aromatic carbocycles. The Bertz CT molecular complexity index is 1290. The van der Waals surface area contributed by atoms with Gasteiger partial charge in [-0.3, -0.25) is 4.99 Å². The van der Waals surface area contributed by atoms with Gasteiger partial charge in [0.05, 0.1) is 29.3 Å². The number of rotatable bonds is 5. The van der Waals surface area contributed by atoms with Gasteiger partial charge in [-0.15, -0.1) is 0 Å². The van der Waals surface area contributed by atoms with Crippen LogP contribution in [0.1, 0.15) is 57.6 Å². The lowest BCUT2D eigenvalue weighted by Crippen LogP contribution is -2.49. The van der Waals surface area contributed by atoms with Crippen LogP contribution in [0.2, 0.25) is 0 Å². The Morgan fingerprint density at radius 2 is 1.80 bits per heavy atom. The number of amides is 1. The number of alkyl halides is 2. The average molecular weight is 551 g/mol. The van der Waals surface area contributed by atoms with Crippen LogP contribution in [0, 0.1) is 11.3 Å². The van der Waals surface area contributed by atoms with Crippen molar-refractivity contribution >= 4 is 11.9 Å². The van der Waals surface area contributed by atoms with Gasteiger partial charge in [0, 0.05) is 25.9 Å². The second kappa shape index (κ2) is 11.2. The predicted molar refractivity (Wildman–Crippen MR) is 148 cm³/mol. The van der Waals surface area contributed by atoms with Gasteiger partial charge >= 0.3 is 6.09 Å². The molecule has 1 aliphatic carbocycles. The van der Waals surface area contributed by atoms with E-state index in [0.29, 0.717) is 37.3 Å². The number of carbonyl (C=O) groups excluding carboxylic acids is 1. The van der Waals surface area contributed by atoms with E-state index in [1.165, 1.54) is 0 Å². The van der Waals surface area contributed by atoms with Crippen LogP contribution in [-0.4, -0.2) is 66.6 Å². The summed E-state index contributed by atoms with van der Waals surface area (Å²) in [6.45, 7) is 6.63. The Hall–Kier alpha value is -3.51. The molecule has 212 valence electrons. The van der Waals surface area contributed by atoms with Gasteiger partial charge in [-0.05, 0) is 62.4 Å². The highest BCUT2D eigenvalue weighted by molar-refractivity contribution is 5.85. The van der Waals surface area contributed by atoms with E-state index in [1.807, 2.05) is 63.2 Å². The number of likely N-dealkylation sites (tertiary alicyclic amines) is 1. The molecule has 40 heavy (non-hydrogen) atoms. The van der Waals surface area contributed by atoms with E-state index in [2.05, 4.69) is 16.4 Å². The van der Waals surface area contributed by atoms with Gasteiger partial charge in [0.1, 0.15) is 30.4 Å². The zero-order chi connectivity index (χ0) is 28.5. The third-order valence-corrected chi connectivity index (χ3v) is 7.92. The Balaban J connectivity index is 1.34. The number of piperidine rings is 1. The minimum Gasteiger partial charge on any atom is -0.444 e. The lowest BCUT2D eigenvalue weighted by molar-refractivity contribution is -0.0763. The van der Waals surface area contributed by atoms with Crippen molar-refractivity contribution in [2.45, 2.75) is 82.1 Å². The van der Waals surface area contributed by atoms with Crippen LogP contribution in [-0.2, 0) is 15.1 Å². The van der Waals surface area contributed by atoms with E-state index in [-0.39, 0.29) is 37.6 Å². The number of carbonyl (C=O) groups is 1. The summed E-state index contributed by atoms with van der Waals surface area (Å²) < 4.78 is 40.1. The molecule has 4 unspecified atom stereocenters. The summed E-state index contributed by atoms with van der Waals surface area (Å²) in [6, 6.07) is 17.2. The molecule has 9 heteroatoms. The van der Waals surface area contributed by atoms with Gasteiger partial charge in [0.2, 0.25) is 0 Å². The zero-order valence-electron chi connectivity index (χ0n) is 23.2. The standard InChI is InChI=1S/C31H36F2N4O3/c1-30(2,3)40-29(38)37-13-11-31(12-14-37,39-19-28-35-26-16-24(32)25(33)17-27(26)36-28)23-9-7-21(8-10-23)22-6-4-5-20(15-22)18-34/h4-10,15,24-27H,11-14,16-17,19H2,1-3H3,(H,35,36). The monoisotopic (exact) mass is 550 g/mol. The summed E-state index contributed by atoms with van der Waals surface area (Å²) in [6.07, 6.45) is -2.02. The molecule has 2 heterocycles. The number of aliphatic imine (C=N–C) groups is 1. The highest BCUT2D eigenvalue weighted by atomic mass is 19.2. The molecule has 1 N–H and O–H groups in total. The Morgan fingerprint density at radius 1 is 1.10 bits per heavy atom. The molecule has 0 radical (unpaired) electrons. The van der Waals surface area contributed by atoms with Crippen LogP contribution >= 0.6 is 0 Å². The van der Waals surface area contributed by atoms with Crippen molar-refractivity contribution < 1.29 is 23.0 Å². The minimum absolute atomic E-state index is 0.0762. The van der Waals surface area contributed by atoms with E-state index in [9.17, 15) is 18.8 Å². The topological polar surface area (TPSA) is 86.9 Å². The fourth-order valence-corrected chi connectivity index (χ4v) is 5.75. The fourth-order valence-electron chi connectivity index (χ4n) is 5.75. The molecule has 4 atom stereocenters. The number of nitrogens with zero attached hydrogens (tertiary/aromatic N) is 3. The van der Waals surface area contributed by atoms with Crippen LogP contribution in [0.15, 0.2) is 53.5 Å². The largest absolute Gasteiger partial charge is 0.444 e. The third kappa shape index (κ3) is 6.12. The lowest BCUT2D eigenvalue weighted by atomic mass is 9.83. The Kier molecular flexibility index (Phi) is 7.83. The molecule has 2 aliphatic heterocycles. The Morgan fingerprint density at radius 3 is 2.48 bits per heavy atom. The van der Waals surface area contributed by atoms with E-state index in [1.54, 1.807) is 11.0 Å². The fraction of sp³-hybridized carbons (Fsp3) is 0.516. The molecular weight excluding hydrogens is 514 g/mol. The van der Waals surface area contributed by atoms with Gasteiger partial charge in [0.15, 0.2) is 0 Å². The van der Waals surface area contributed by atoms with Crippen molar-refractivity contribution in [1.29, 1.82) is 5.26 Å². The molecule has 2 aromatic rings. The molecule has 1 amide bonds. The number of ether oxygens (including phenoxy) is 2. The van der Waals surface area contributed by atoms with Crippen molar-refractivity contribution in [1.82, 2.24) is 10.2 Å². The number of nitriles is 1. The van der Waals surface area contributed by atoms with Crippen molar-refractivity contribution in [3.05, 3.63) is 59.7 Å². The minimum atomic E-state index is -1.48. The molecule has 0 spiro atoms. The molecular formula is C31H36F2N4O3. The number of hydrogen-bond donors (Lipinski definition) is 1. The number of hydrogen-bond acceptors (Lipinski definition) is 6.